The molecule has 1 saturated heterocycles. The van der Waals surface area contributed by atoms with Gasteiger partial charge in [-0.25, -0.2) is 0 Å². The summed E-state index contributed by atoms with van der Waals surface area (Å²) in [5, 5.41) is 2.89. The number of carbonyl (C=O) groups is 1. The topological polar surface area (TPSA) is 58.4 Å². The number of nitrogens with two attached hydrogens (primary N) is 1. The first-order valence-electron chi connectivity index (χ1n) is 5.88. The SMILES string of the molecule is CCCNC(=O)CN1CCC(C(C)N)C1. The maximum Gasteiger partial charge on any atom is 0.234 e. The summed E-state index contributed by atoms with van der Waals surface area (Å²) < 4.78 is 0. The Balaban J connectivity index is 2.20. The van der Waals surface area contributed by atoms with E-state index >= 15 is 0 Å². The molecule has 1 aliphatic rings. The summed E-state index contributed by atoms with van der Waals surface area (Å²) in [5.41, 5.74) is 5.84. The van der Waals surface area contributed by atoms with Gasteiger partial charge in [0, 0.05) is 19.1 Å². The van der Waals surface area contributed by atoms with Crippen LogP contribution in [0.1, 0.15) is 26.7 Å². The van der Waals surface area contributed by atoms with E-state index in [1.54, 1.807) is 0 Å². The minimum atomic E-state index is 0.141. The van der Waals surface area contributed by atoms with Gasteiger partial charge >= 0.3 is 0 Å². The van der Waals surface area contributed by atoms with Crippen LogP contribution < -0.4 is 11.1 Å². The molecule has 0 aromatic carbocycles. The lowest BCUT2D eigenvalue weighted by Crippen LogP contribution is -2.37. The van der Waals surface area contributed by atoms with Crippen molar-refractivity contribution in [1.29, 1.82) is 0 Å². The van der Waals surface area contributed by atoms with Crippen molar-refractivity contribution >= 4 is 5.91 Å². The molecule has 4 heteroatoms. The fourth-order valence-corrected chi connectivity index (χ4v) is 1.96. The van der Waals surface area contributed by atoms with Gasteiger partial charge in [0.1, 0.15) is 0 Å². The molecule has 1 aliphatic heterocycles. The van der Waals surface area contributed by atoms with E-state index < -0.39 is 0 Å². The Morgan fingerprint density at radius 3 is 2.93 bits per heavy atom. The maximum atomic E-state index is 11.5. The van der Waals surface area contributed by atoms with Gasteiger partial charge in [-0.05, 0) is 32.2 Å². The van der Waals surface area contributed by atoms with Crippen molar-refractivity contribution in [3.05, 3.63) is 0 Å². The van der Waals surface area contributed by atoms with E-state index in [2.05, 4.69) is 17.1 Å². The number of hydrogen-bond donors (Lipinski definition) is 2. The van der Waals surface area contributed by atoms with Crippen molar-refractivity contribution in [2.45, 2.75) is 32.7 Å². The van der Waals surface area contributed by atoms with Crippen LogP contribution in [-0.2, 0) is 4.79 Å². The van der Waals surface area contributed by atoms with E-state index in [9.17, 15) is 4.79 Å². The second kappa shape index (κ2) is 6.08. The largest absolute Gasteiger partial charge is 0.355 e. The Labute approximate surface area is 92.2 Å². The van der Waals surface area contributed by atoms with E-state index in [4.69, 9.17) is 5.73 Å². The Morgan fingerprint density at radius 1 is 1.67 bits per heavy atom. The summed E-state index contributed by atoms with van der Waals surface area (Å²) in [7, 11) is 0. The number of carbonyl (C=O) groups excluding carboxylic acids is 1. The van der Waals surface area contributed by atoms with E-state index in [1.807, 2.05) is 6.92 Å². The van der Waals surface area contributed by atoms with Gasteiger partial charge in [0.05, 0.1) is 6.54 Å². The second-order valence-electron chi connectivity index (χ2n) is 4.49. The first-order chi connectivity index (χ1) is 7.13. The van der Waals surface area contributed by atoms with Crippen LogP contribution in [0.5, 0.6) is 0 Å². The van der Waals surface area contributed by atoms with E-state index in [-0.39, 0.29) is 11.9 Å². The van der Waals surface area contributed by atoms with Crippen LogP contribution >= 0.6 is 0 Å². The van der Waals surface area contributed by atoms with E-state index in [1.165, 1.54) is 0 Å². The van der Waals surface area contributed by atoms with Gasteiger partial charge in [-0.2, -0.15) is 0 Å². The fraction of sp³-hybridized carbons (Fsp3) is 0.909. The molecule has 15 heavy (non-hydrogen) atoms. The molecule has 0 radical (unpaired) electrons. The lowest BCUT2D eigenvalue weighted by Gasteiger charge is -2.17. The van der Waals surface area contributed by atoms with Gasteiger partial charge in [-0.3, -0.25) is 9.69 Å². The Hall–Kier alpha value is -0.610. The molecule has 0 bridgehead atoms. The highest BCUT2D eigenvalue weighted by atomic mass is 16.2. The molecule has 0 saturated carbocycles. The zero-order valence-electron chi connectivity index (χ0n) is 9.83. The number of nitrogens with one attached hydrogen (secondary N) is 1. The molecule has 0 spiro atoms. The smallest absolute Gasteiger partial charge is 0.234 e. The van der Waals surface area contributed by atoms with Crippen molar-refractivity contribution in [1.82, 2.24) is 10.2 Å². The summed E-state index contributed by atoms with van der Waals surface area (Å²) in [6, 6.07) is 0.244. The molecular weight excluding hydrogens is 190 g/mol. The lowest BCUT2D eigenvalue weighted by atomic mass is 10.0. The predicted octanol–water partition coefficient (Wildman–Crippen LogP) is 0.182. The number of likely N-dealkylation sites (tertiary alicyclic amines) is 1. The minimum absolute atomic E-state index is 0.141. The molecule has 1 heterocycles. The first kappa shape index (κ1) is 12.5. The highest BCUT2D eigenvalue weighted by Crippen LogP contribution is 2.17. The fourth-order valence-electron chi connectivity index (χ4n) is 1.96. The van der Waals surface area contributed by atoms with Crippen LogP contribution in [0.25, 0.3) is 0 Å². The molecular formula is C11H23N3O. The van der Waals surface area contributed by atoms with Crippen LogP contribution in [0.3, 0.4) is 0 Å². The highest BCUT2D eigenvalue weighted by molar-refractivity contribution is 5.77. The van der Waals surface area contributed by atoms with E-state index in [0.29, 0.717) is 12.5 Å². The van der Waals surface area contributed by atoms with Crippen LogP contribution in [-0.4, -0.2) is 43.0 Å². The van der Waals surface area contributed by atoms with Gasteiger partial charge in [0.25, 0.3) is 0 Å². The molecule has 3 N–H and O–H groups in total. The van der Waals surface area contributed by atoms with Gasteiger partial charge in [-0.1, -0.05) is 6.92 Å². The number of nitrogens with zero attached hydrogens (tertiary/aromatic N) is 1. The monoisotopic (exact) mass is 213 g/mol. The van der Waals surface area contributed by atoms with Crippen LogP contribution in [0.4, 0.5) is 0 Å². The molecule has 4 nitrogen and oxygen atoms in total. The summed E-state index contributed by atoms with van der Waals surface area (Å²) in [6.45, 7) is 7.39. The van der Waals surface area contributed by atoms with Crippen molar-refractivity contribution in [3.8, 4) is 0 Å². The Morgan fingerprint density at radius 2 is 2.40 bits per heavy atom. The van der Waals surface area contributed by atoms with Crippen LogP contribution in [0.15, 0.2) is 0 Å². The van der Waals surface area contributed by atoms with Gasteiger partial charge in [0.2, 0.25) is 5.91 Å². The average molecular weight is 213 g/mol. The summed E-state index contributed by atoms with van der Waals surface area (Å²) in [6.07, 6.45) is 2.12. The molecule has 0 aromatic rings. The van der Waals surface area contributed by atoms with Gasteiger partial charge < -0.3 is 11.1 Å². The van der Waals surface area contributed by atoms with Gasteiger partial charge in [-0.15, -0.1) is 0 Å². The number of hydrogen-bond acceptors (Lipinski definition) is 3. The molecule has 0 aromatic heterocycles. The van der Waals surface area contributed by atoms with Crippen molar-refractivity contribution in [3.63, 3.8) is 0 Å². The zero-order chi connectivity index (χ0) is 11.3. The summed E-state index contributed by atoms with van der Waals surface area (Å²) in [5.74, 6) is 0.700. The van der Waals surface area contributed by atoms with Crippen molar-refractivity contribution in [2.75, 3.05) is 26.2 Å². The molecule has 2 unspecified atom stereocenters. The molecule has 88 valence electrons. The third-order valence-electron chi connectivity index (χ3n) is 2.99. The predicted molar refractivity (Wildman–Crippen MR) is 61.5 cm³/mol. The average Bonchev–Trinajstić information content (AvgIpc) is 2.63. The standard InChI is InChI=1S/C11H23N3O/c1-3-5-13-11(15)8-14-6-4-10(7-14)9(2)12/h9-10H,3-8,12H2,1-2H3,(H,13,15). The third kappa shape index (κ3) is 4.18. The van der Waals surface area contributed by atoms with Crippen LogP contribution in [0, 0.1) is 5.92 Å². The molecule has 1 amide bonds. The summed E-state index contributed by atoms with van der Waals surface area (Å²) in [4.78, 5) is 13.6. The van der Waals surface area contributed by atoms with E-state index in [0.717, 1.165) is 32.5 Å². The van der Waals surface area contributed by atoms with Crippen LogP contribution in [0.2, 0.25) is 0 Å². The van der Waals surface area contributed by atoms with Crippen molar-refractivity contribution in [2.24, 2.45) is 11.7 Å². The van der Waals surface area contributed by atoms with Gasteiger partial charge in [0.15, 0.2) is 0 Å². The Kier molecular flexibility index (Phi) is 5.05. The third-order valence-corrected chi connectivity index (χ3v) is 2.99. The number of rotatable bonds is 5. The Bertz CT molecular complexity index is 206. The highest BCUT2D eigenvalue weighted by Gasteiger charge is 2.25. The molecule has 1 rings (SSSR count). The summed E-state index contributed by atoms with van der Waals surface area (Å²) >= 11 is 0. The van der Waals surface area contributed by atoms with Crippen molar-refractivity contribution < 1.29 is 4.79 Å². The quantitative estimate of drug-likeness (QED) is 0.685. The second-order valence-corrected chi connectivity index (χ2v) is 4.49. The first-order valence-corrected chi connectivity index (χ1v) is 5.88. The molecule has 0 aliphatic carbocycles. The maximum absolute atomic E-state index is 11.5. The zero-order valence-corrected chi connectivity index (χ0v) is 9.83. The molecule has 2 atom stereocenters. The molecule has 1 fully saturated rings. The minimum Gasteiger partial charge on any atom is -0.355 e. The lowest BCUT2D eigenvalue weighted by molar-refractivity contribution is -0.122. The number of amides is 1. The normalized spacial score (nSPS) is 24.1.